The van der Waals surface area contributed by atoms with E-state index in [1.54, 1.807) is 12.3 Å². The number of nitrogens with zero attached hydrogens (tertiary/aromatic N) is 4. The molecule has 0 fully saturated rings. The molecular weight excluding hydrogens is 832 g/mol. The van der Waals surface area contributed by atoms with Crippen molar-refractivity contribution in [1.29, 1.82) is 0 Å². The maximum atomic E-state index is 8.53. The van der Waals surface area contributed by atoms with E-state index in [1.165, 1.54) is 16.6 Å². The number of ether oxygens (including phenoxy) is 1. The molecule has 1 atom stereocenters. The Bertz CT molecular complexity index is 3040. The predicted molar refractivity (Wildman–Crippen MR) is 209 cm³/mol. The van der Waals surface area contributed by atoms with E-state index in [9.17, 15) is 0 Å². The molecule has 0 saturated carbocycles. The van der Waals surface area contributed by atoms with E-state index in [2.05, 4.69) is 114 Å². The number of hydrogen-bond acceptors (Lipinski definition) is 2. The number of fused-ring (bicyclic) bond motifs is 5. The van der Waals surface area contributed by atoms with Gasteiger partial charge in [0.05, 0.1) is 0 Å². The molecule has 0 aliphatic heterocycles. The maximum absolute atomic E-state index is 8.53. The Kier molecular flexibility index (Phi) is 6.90. The van der Waals surface area contributed by atoms with Gasteiger partial charge in [0.25, 0.3) is 0 Å². The average Bonchev–Trinajstić information content (AvgIpc) is 3.86. The van der Waals surface area contributed by atoms with Crippen LogP contribution in [0.2, 0.25) is 0 Å². The summed E-state index contributed by atoms with van der Waals surface area (Å²) in [7, 11) is 2.12. The van der Waals surface area contributed by atoms with Crippen LogP contribution in [0.3, 0.4) is 0 Å². The van der Waals surface area contributed by atoms with E-state index in [4.69, 9.17) is 13.8 Å². The van der Waals surface area contributed by atoms with Crippen molar-refractivity contribution in [2.45, 2.75) is 25.7 Å². The zero-order chi connectivity index (χ0) is 38.1. The van der Waals surface area contributed by atoms with Crippen LogP contribution in [0.5, 0.6) is 11.5 Å². The van der Waals surface area contributed by atoms with Gasteiger partial charge < -0.3 is 0 Å². The fourth-order valence-electron chi connectivity index (χ4n) is 7.94. The van der Waals surface area contributed by atoms with Gasteiger partial charge in [-0.25, -0.2) is 4.98 Å². The Hall–Kier alpha value is -5.77. The Morgan fingerprint density at radius 3 is 2.28 bits per heavy atom. The van der Waals surface area contributed by atoms with Crippen molar-refractivity contribution in [2.24, 2.45) is 7.05 Å². The van der Waals surface area contributed by atoms with Gasteiger partial charge in [-0.15, -0.1) is 0 Å². The van der Waals surface area contributed by atoms with Gasteiger partial charge in [-0.2, -0.15) is 0 Å². The summed E-state index contributed by atoms with van der Waals surface area (Å²) in [4.78, 5) is 4.91. The predicted octanol–water partition coefficient (Wildman–Crippen LogP) is 11.1. The molecule has 0 radical (unpaired) electrons. The number of para-hydroxylation sites is 2. The zero-order valence-electron chi connectivity index (χ0n) is 31.8. The van der Waals surface area contributed by atoms with Gasteiger partial charge in [0.2, 0.25) is 0 Å². The normalized spacial score (nSPS) is 15.1. The van der Waals surface area contributed by atoms with Crippen LogP contribution in [0.1, 0.15) is 33.3 Å². The first-order chi connectivity index (χ1) is 27.2. The molecular formula is C47H34N4OPt-2. The summed E-state index contributed by atoms with van der Waals surface area (Å²) in [5.41, 5.74) is 10.2. The van der Waals surface area contributed by atoms with Crippen molar-refractivity contribution >= 4 is 32.8 Å². The van der Waals surface area contributed by atoms with Gasteiger partial charge in [0, 0.05) is 15.9 Å². The summed E-state index contributed by atoms with van der Waals surface area (Å²) in [6.45, 7) is -2.37. The van der Waals surface area contributed by atoms with Gasteiger partial charge in [-0.1, -0.05) is 72.8 Å². The van der Waals surface area contributed by atoms with Crippen molar-refractivity contribution in [3.05, 3.63) is 172 Å². The van der Waals surface area contributed by atoms with Crippen LogP contribution in [0.25, 0.3) is 60.9 Å². The summed E-state index contributed by atoms with van der Waals surface area (Å²) in [5.74, 6) is 1.64. The Labute approximate surface area is 323 Å². The second-order valence-electron chi connectivity index (χ2n) is 13.5. The van der Waals surface area contributed by atoms with Crippen LogP contribution in [0.15, 0.2) is 140 Å². The Balaban J connectivity index is 1.11. The van der Waals surface area contributed by atoms with Crippen LogP contribution in [0.4, 0.5) is 0 Å². The second kappa shape index (κ2) is 12.7. The standard InChI is InChI=1S/C47H34N4O.Pt/c1-31-25-47(48-29-41(31)33-13-7-4-8-14-33)51-43-24-19-35(32-11-5-3-6-12-32)26-40(43)38-22-21-37(28-46(38)51)52-36-20-17-34-18-23-42(39(34)27-36)50-30-49(2)44-15-9-10-16-45(44)50;/h3-17,19-22,24-26,29,42H,18,23H2,1-2H3;/q-2;/i1D3;. The quantitative estimate of drug-likeness (QED) is 0.156. The molecule has 1 aliphatic carbocycles. The smallest absolute Gasteiger partial charge is 0.238 e. The molecule has 1 unspecified atom stereocenters. The van der Waals surface area contributed by atoms with E-state index in [0.717, 1.165) is 60.7 Å². The van der Waals surface area contributed by atoms with Crippen LogP contribution < -0.4 is 4.74 Å². The first kappa shape index (κ1) is 28.8. The van der Waals surface area contributed by atoms with Crippen LogP contribution in [-0.4, -0.2) is 18.7 Å². The third-order valence-electron chi connectivity index (χ3n) is 10.5. The van der Waals surface area contributed by atoms with Crippen molar-refractivity contribution in [3.8, 4) is 39.6 Å². The van der Waals surface area contributed by atoms with Crippen molar-refractivity contribution in [1.82, 2.24) is 18.7 Å². The van der Waals surface area contributed by atoms with Gasteiger partial charge in [-0.05, 0) is 41.2 Å². The van der Waals surface area contributed by atoms with Gasteiger partial charge in [0.15, 0.2) is 0 Å². The molecule has 0 bridgehead atoms. The third-order valence-corrected chi connectivity index (χ3v) is 11.8. The minimum absolute atomic E-state index is 0.136. The number of rotatable bonds is 6. The van der Waals surface area contributed by atoms with Gasteiger partial charge in [0.1, 0.15) is 0 Å². The Morgan fingerprint density at radius 2 is 1.47 bits per heavy atom. The molecule has 6 aromatic carbocycles. The van der Waals surface area contributed by atoms with E-state index in [1.807, 2.05) is 65.2 Å². The van der Waals surface area contributed by atoms with Crippen molar-refractivity contribution in [3.63, 3.8) is 0 Å². The fourth-order valence-corrected chi connectivity index (χ4v) is 8.84. The SMILES string of the molecule is [2H]C([2H])([2H])c1cc(-n2c3[c-]c(Oc4[c-]c5c(cc4)CCC5n4[c](=[Pt])n(C)c5ccccc54)ccc3c3cc(-c4ccccc4)ccc32)ncc1-c1ccccc1. The number of benzene rings is 6. The summed E-state index contributed by atoms with van der Waals surface area (Å²) >= 11 is 2.43. The molecule has 0 amide bonds. The topological polar surface area (TPSA) is 36.9 Å². The summed E-state index contributed by atoms with van der Waals surface area (Å²) in [5, 5.41) is 1.96. The van der Waals surface area contributed by atoms with Crippen molar-refractivity contribution in [2.75, 3.05) is 0 Å². The van der Waals surface area contributed by atoms with E-state index in [0.29, 0.717) is 22.9 Å². The Morgan fingerprint density at radius 1 is 0.736 bits per heavy atom. The monoisotopic (exact) mass is 868 g/mol. The number of hydrogen-bond donors (Lipinski definition) is 0. The second-order valence-corrected chi connectivity index (χ2v) is 14.6. The number of aryl methyl sites for hydroxylation is 3. The van der Waals surface area contributed by atoms with E-state index < -0.39 is 6.85 Å². The minimum atomic E-state index is -2.37. The van der Waals surface area contributed by atoms with Crippen LogP contribution in [-0.2, 0) is 32.8 Å². The molecule has 260 valence electrons. The average molecular weight is 869 g/mol. The molecule has 6 heteroatoms. The molecule has 53 heavy (non-hydrogen) atoms. The molecule has 3 heterocycles. The number of pyridine rings is 1. The third kappa shape index (κ3) is 5.33. The molecule has 1 aliphatic rings. The first-order valence-corrected chi connectivity index (χ1v) is 18.8. The van der Waals surface area contributed by atoms with Crippen molar-refractivity contribution < 1.29 is 28.2 Å². The summed E-state index contributed by atoms with van der Waals surface area (Å²) in [6, 6.07) is 51.9. The molecule has 3 aromatic heterocycles. The fraction of sp³-hybridized carbons (Fsp3) is 0.106. The molecule has 0 N–H and O–H groups in total. The van der Waals surface area contributed by atoms with E-state index >= 15 is 0 Å². The van der Waals surface area contributed by atoms with E-state index in [-0.39, 0.29) is 11.6 Å². The molecule has 5 nitrogen and oxygen atoms in total. The molecule has 9 aromatic rings. The van der Waals surface area contributed by atoms with Gasteiger partial charge >= 0.3 is 189 Å². The molecule has 0 saturated heterocycles. The molecule has 0 spiro atoms. The summed E-state index contributed by atoms with van der Waals surface area (Å²) in [6.07, 6.45) is 3.64. The van der Waals surface area contributed by atoms with Crippen LogP contribution in [0, 0.1) is 22.8 Å². The minimum Gasteiger partial charge on any atom is -0.238 e. The van der Waals surface area contributed by atoms with Crippen LogP contribution >= 0.6 is 0 Å². The number of aromatic nitrogens is 4. The first-order valence-electron chi connectivity index (χ1n) is 19.2. The summed E-state index contributed by atoms with van der Waals surface area (Å²) < 4.78 is 40.0. The van der Waals surface area contributed by atoms with Gasteiger partial charge in [-0.3, -0.25) is 0 Å². The zero-order valence-corrected chi connectivity index (χ0v) is 31.1. The number of imidazole rings is 1. The molecule has 10 rings (SSSR count).